The minimum atomic E-state index is -0.196. The Bertz CT molecular complexity index is 184. The summed E-state index contributed by atoms with van der Waals surface area (Å²) in [5.74, 6) is 0. The Morgan fingerprint density at radius 3 is 2.93 bits per heavy atom. The molecule has 1 aliphatic heterocycles. The van der Waals surface area contributed by atoms with E-state index in [0.717, 1.165) is 25.8 Å². The average Bonchev–Trinajstić information content (AvgIpc) is 2.66. The fourth-order valence-corrected chi connectivity index (χ4v) is 1.48. The lowest BCUT2D eigenvalue weighted by atomic mass is 10.3. The van der Waals surface area contributed by atoms with E-state index in [1.54, 1.807) is 12.0 Å². The fourth-order valence-electron chi connectivity index (χ4n) is 1.48. The predicted octanol–water partition coefficient (Wildman–Crippen LogP) is 1.64. The van der Waals surface area contributed by atoms with Crippen molar-refractivity contribution in [2.45, 2.75) is 32.3 Å². The van der Waals surface area contributed by atoms with Gasteiger partial charge in [0.2, 0.25) is 0 Å². The van der Waals surface area contributed by atoms with Crippen molar-refractivity contribution in [1.82, 2.24) is 4.90 Å². The zero-order chi connectivity index (χ0) is 10.4. The van der Waals surface area contributed by atoms with E-state index in [1.165, 1.54) is 0 Å². The summed E-state index contributed by atoms with van der Waals surface area (Å²) in [5, 5.41) is 0. The molecule has 4 heteroatoms. The number of amides is 1. The van der Waals surface area contributed by atoms with E-state index in [1.807, 2.05) is 0 Å². The Balaban J connectivity index is 2.18. The number of hydrogen-bond donors (Lipinski definition) is 0. The number of ether oxygens (including phenoxy) is 2. The van der Waals surface area contributed by atoms with E-state index in [2.05, 4.69) is 6.92 Å². The third kappa shape index (κ3) is 3.18. The van der Waals surface area contributed by atoms with Crippen molar-refractivity contribution in [2.24, 2.45) is 0 Å². The number of methoxy groups -OCH3 is 1. The van der Waals surface area contributed by atoms with Gasteiger partial charge in [0.25, 0.3) is 0 Å². The molecule has 1 heterocycles. The number of unbranched alkanes of at least 4 members (excludes halogenated alkanes) is 1. The van der Waals surface area contributed by atoms with Crippen molar-refractivity contribution < 1.29 is 14.3 Å². The molecular formula is C10H19NO3. The van der Waals surface area contributed by atoms with E-state index >= 15 is 0 Å². The minimum absolute atomic E-state index is 0.189. The molecule has 0 bridgehead atoms. The van der Waals surface area contributed by atoms with Crippen molar-refractivity contribution in [3.8, 4) is 0 Å². The summed E-state index contributed by atoms with van der Waals surface area (Å²) in [6.45, 7) is 4.03. The molecule has 0 N–H and O–H groups in total. The third-order valence-corrected chi connectivity index (χ3v) is 2.46. The lowest BCUT2D eigenvalue weighted by Gasteiger charge is -2.15. The van der Waals surface area contributed by atoms with Crippen molar-refractivity contribution in [3.05, 3.63) is 0 Å². The van der Waals surface area contributed by atoms with Gasteiger partial charge in [-0.3, -0.25) is 0 Å². The Hall–Kier alpha value is -0.770. The highest BCUT2D eigenvalue weighted by Crippen LogP contribution is 2.12. The van der Waals surface area contributed by atoms with Crippen molar-refractivity contribution in [3.63, 3.8) is 0 Å². The first-order valence-corrected chi connectivity index (χ1v) is 5.22. The van der Waals surface area contributed by atoms with Gasteiger partial charge in [0.05, 0.1) is 19.3 Å². The quantitative estimate of drug-likeness (QED) is 0.649. The predicted molar refractivity (Wildman–Crippen MR) is 53.2 cm³/mol. The lowest BCUT2D eigenvalue weighted by Crippen LogP contribution is -2.30. The monoisotopic (exact) mass is 201 g/mol. The highest BCUT2D eigenvalue weighted by molar-refractivity contribution is 5.67. The molecule has 1 aliphatic rings. The van der Waals surface area contributed by atoms with Crippen molar-refractivity contribution in [1.29, 1.82) is 0 Å². The molecule has 0 radical (unpaired) electrons. The van der Waals surface area contributed by atoms with Gasteiger partial charge < -0.3 is 14.4 Å². The smallest absolute Gasteiger partial charge is 0.409 e. The zero-order valence-corrected chi connectivity index (χ0v) is 8.99. The van der Waals surface area contributed by atoms with Crippen LogP contribution in [0.1, 0.15) is 26.2 Å². The van der Waals surface area contributed by atoms with Crippen LogP contribution in [0.25, 0.3) is 0 Å². The van der Waals surface area contributed by atoms with Gasteiger partial charge in [-0.25, -0.2) is 4.79 Å². The van der Waals surface area contributed by atoms with Crippen molar-refractivity contribution >= 4 is 6.09 Å². The van der Waals surface area contributed by atoms with E-state index in [0.29, 0.717) is 13.2 Å². The van der Waals surface area contributed by atoms with Crippen LogP contribution in [0.5, 0.6) is 0 Å². The maximum absolute atomic E-state index is 11.4. The van der Waals surface area contributed by atoms with Crippen molar-refractivity contribution in [2.75, 3.05) is 26.8 Å². The maximum Gasteiger partial charge on any atom is 0.409 e. The topological polar surface area (TPSA) is 38.8 Å². The second kappa shape index (κ2) is 5.86. The normalized spacial score (nSPS) is 21.3. The maximum atomic E-state index is 11.4. The summed E-state index contributed by atoms with van der Waals surface area (Å²) < 4.78 is 10.3. The van der Waals surface area contributed by atoms with Crippen LogP contribution >= 0.6 is 0 Å². The van der Waals surface area contributed by atoms with Gasteiger partial charge >= 0.3 is 6.09 Å². The Morgan fingerprint density at radius 1 is 1.57 bits per heavy atom. The molecule has 0 aromatic rings. The molecule has 0 aliphatic carbocycles. The number of rotatable bonds is 4. The largest absolute Gasteiger partial charge is 0.449 e. The van der Waals surface area contributed by atoms with Gasteiger partial charge in [0, 0.05) is 13.7 Å². The molecule has 0 spiro atoms. The van der Waals surface area contributed by atoms with E-state index in [-0.39, 0.29) is 12.2 Å². The van der Waals surface area contributed by atoms with Crippen LogP contribution in [0, 0.1) is 0 Å². The van der Waals surface area contributed by atoms with Gasteiger partial charge in [-0.2, -0.15) is 0 Å². The number of nitrogens with zero attached hydrogens (tertiary/aromatic N) is 1. The van der Waals surface area contributed by atoms with Crippen LogP contribution in [0.15, 0.2) is 0 Å². The molecule has 0 saturated carbocycles. The first-order chi connectivity index (χ1) is 6.77. The molecule has 14 heavy (non-hydrogen) atoms. The van der Waals surface area contributed by atoms with Crippen LogP contribution in [0.4, 0.5) is 4.79 Å². The van der Waals surface area contributed by atoms with E-state index in [9.17, 15) is 4.79 Å². The van der Waals surface area contributed by atoms with E-state index < -0.39 is 0 Å². The Morgan fingerprint density at radius 2 is 2.36 bits per heavy atom. The highest BCUT2D eigenvalue weighted by atomic mass is 16.6. The second-order valence-electron chi connectivity index (χ2n) is 3.56. The molecule has 1 amide bonds. The van der Waals surface area contributed by atoms with Crippen LogP contribution in [-0.2, 0) is 9.47 Å². The highest BCUT2D eigenvalue weighted by Gasteiger charge is 2.26. The fraction of sp³-hybridized carbons (Fsp3) is 0.900. The summed E-state index contributed by atoms with van der Waals surface area (Å²) in [4.78, 5) is 13.1. The van der Waals surface area contributed by atoms with E-state index in [4.69, 9.17) is 9.47 Å². The van der Waals surface area contributed by atoms with Gasteiger partial charge in [0.1, 0.15) is 0 Å². The lowest BCUT2D eigenvalue weighted by molar-refractivity contribution is 0.0876. The first kappa shape index (κ1) is 11.3. The molecule has 1 rings (SSSR count). The van der Waals surface area contributed by atoms with Crippen LogP contribution in [-0.4, -0.2) is 43.9 Å². The number of carbonyl (C=O) groups excluding carboxylic acids is 1. The van der Waals surface area contributed by atoms with Gasteiger partial charge in [-0.15, -0.1) is 0 Å². The summed E-state index contributed by atoms with van der Waals surface area (Å²) in [6, 6.07) is 0. The van der Waals surface area contributed by atoms with Gasteiger partial charge in [0.15, 0.2) is 0 Å². The molecule has 0 aromatic heterocycles. The van der Waals surface area contributed by atoms with Gasteiger partial charge in [-0.05, 0) is 12.8 Å². The average molecular weight is 201 g/mol. The first-order valence-electron chi connectivity index (χ1n) is 5.22. The molecule has 1 saturated heterocycles. The summed E-state index contributed by atoms with van der Waals surface area (Å²) in [5.41, 5.74) is 0. The summed E-state index contributed by atoms with van der Waals surface area (Å²) >= 11 is 0. The molecule has 0 aromatic carbocycles. The third-order valence-electron chi connectivity index (χ3n) is 2.46. The van der Waals surface area contributed by atoms with Gasteiger partial charge in [-0.1, -0.05) is 13.3 Å². The van der Waals surface area contributed by atoms with Crippen LogP contribution in [0.3, 0.4) is 0 Å². The minimum Gasteiger partial charge on any atom is -0.449 e. The standard InChI is InChI=1S/C10H19NO3/c1-3-4-7-14-10(12)11-6-5-9(8-11)13-2/h9H,3-8H2,1-2H3. The molecule has 4 nitrogen and oxygen atoms in total. The second-order valence-corrected chi connectivity index (χ2v) is 3.56. The summed E-state index contributed by atoms with van der Waals surface area (Å²) in [7, 11) is 1.68. The Labute approximate surface area is 85.2 Å². The van der Waals surface area contributed by atoms with Crippen LogP contribution in [0.2, 0.25) is 0 Å². The Kier molecular flexibility index (Phi) is 4.73. The molecular weight excluding hydrogens is 182 g/mol. The number of hydrogen-bond acceptors (Lipinski definition) is 3. The van der Waals surface area contributed by atoms with Crippen LogP contribution < -0.4 is 0 Å². The molecule has 82 valence electrons. The molecule has 1 unspecified atom stereocenters. The zero-order valence-electron chi connectivity index (χ0n) is 8.99. The molecule has 1 atom stereocenters. The SMILES string of the molecule is CCCCOC(=O)N1CCC(OC)C1. The summed E-state index contributed by atoms with van der Waals surface area (Å²) in [6.07, 6.45) is 2.90. The number of carbonyl (C=O) groups is 1. The molecule has 1 fully saturated rings. The number of likely N-dealkylation sites (tertiary alicyclic amines) is 1.